The second kappa shape index (κ2) is 11.6. The Labute approximate surface area is 225 Å². The van der Waals surface area contributed by atoms with E-state index in [0.717, 1.165) is 58.4 Å². The minimum atomic E-state index is 0.686. The third-order valence-corrected chi connectivity index (χ3v) is 8.32. The molecule has 0 bridgehead atoms. The number of aromatic nitrogens is 1. The average Bonchev–Trinajstić information content (AvgIpc) is 3.68. The molecule has 1 aliphatic rings. The van der Waals surface area contributed by atoms with Gasteiger partial charge in [-0.2, -0.15) is 0 Å². The minimum Gasteiger partial charge on any atom is -0.363 e. The Morgan fingerprint density at radius 3 is 2.32 bits per heavy atom. The van der Waals surface area contributed by atoms with Crippen LogP contribution in [-0.4, -0.2) is 18.1 Å². The SMILES string of the molecule is CCc1cnc(/N=N/c2ccc(NNc3ccc(NNc4ccc(N5CCCC5)s4)cc3C)cc2C)s1. The van der Waals surface area contributed by atoms with Gasteiger partial charge in [0, 0.05) is 24.2 Å². The van der Waals surface area contributed by atoms with Crippen molar-refractivity contribution in [2.45, 2.75) is 40.0 Å². The lowest BCUT2D eigenvalue weighted by atomic mass is 10.2. The highest BCUT2D eigenvalue weighted by Gasteiger charge is 2.14. The van der Waals surface area contributed by atoms with Gasteiger partial charge in [0.1, 0.15) is 5.00 Å². The van der Waals surface area contributed by atoms with Crippen LogP contribution in [0.15, 0.2) is 65.0 Å². The molecule has 192 valence electrons. The average molecular weight is 533 g/mol. The molecule has 0 atom stereocenters. The molecule has 0 saturated carbocycles. The molecule has 3 heterocycles. The zero-order valence-corrected chi connectivity index (χ0v) is 23.0. The molecule has 5 rings (SSSR count). The van der Waals surface area contributed by atoms with E-state index in [1.807, 2.05) is 31.3 Å². The lowest BCUT2D eigenvalue weighted by Crippen LogP contribution is -2.15. The number of nitrogens with zero attached hydrogens (tertiary/aromatic N) is 4. The first-order valence-corrected chi connectivity index (χ1v) is 14.2. The third kappa shape index (κ3) is 6.39. The van der Waals surface area contributed by atoms with Gasteiger partial charge in [-0.15, -0.1) is 10.2 Å². The molecular formula is C27H32N8S2. The highest BCUT2D eigenvalue weighted by Crippen LogP contribution is 2.32. The smallest absolute Gasteiger partial charge is 0.230 e. The number of thiophene rings is 1. The van der Waals surface area contributed by atoms with Crippen LogP contribution < -0.4 is 26.6 Å². The van der Waals surface area contributed by atoms with Gasteiger partial charge >= 0.3 is 0 Å². The Morgan fingerprint density at radius 2 is 1.59 bits per heavy atom. The fourth-order valence-electron chi connectivity index (χ4n) is 4.11. The Bertz CT molecular complexity index is 1370. The highest BCUT2D eigenvalue weighted by molar-refractivity contribution is 7.20. The molecule has 4 aromatic rings. The Morgan fingerprint density at radius 1 is 0.838 bits per heavy atom. The molecule has 1 aliphatic heterocycles. The lowest BCUT2D eigenvalue weighted by molar-refractivity contribution is 0.949. The summed E-state index contributed by atoms with van der Waals surface area (Å²) in [7, 11) is 0. The molecule has 0 spiro atoms. The maximum Gasteiger partial charge on any atom is 0.230 e. The monoisotopic (exact) mass is 532 g/mol. The number of aryl methyl sites for hydroxylation is 3. The van der Waals surface area contributed by atoms with Gasteiger partial charge in [0.15, 0.2) is 0 Å². The van der Waals surface area contributed by atoms with Crippen LogP contribution in [0, 0.1) is 13.8 Å². The van der Waals surface area contributed by atoms with Crippen LogP contribution in [0.4, 0.5) is 37.9 Å². The Kier molecular flexibility index (Phi) is 7.86. The molecule has 0 unspecified atom stereocenters. The molecule has 8 nitrogen and oxygen atoms in total. The van der Waals surface area contributed by atoms with Crippen molar-refractivity contribution < 1.29 is 0 Å². The van der Waals surface area contributed by atoms with E-state index in [4.69, 9.17) is 0 Å². The van der Waals surface area contributed by atoms with Crippen molar-refractivity contribution >= 4 is 60.6 Å². The van der Waals surface area contributed by atoms with E-state index in [0.29, 0.717) is 5.13 Å². The number of benzene rings is 2. The summed E-state index contributed by atoms with van der Waals surface area (Å²) in [6.45, 7) is 8.55. The predicted octanol–water partition coefficient (Wildman–Crippen LogP) is 8.28. The molecule has 37 heavy (non-hydrogen) atoms. The van der Waals surface area contributed by atoms with Crippen LogP contribution in [0.5, 0.6) is 0 Å². The van der Waals surface area contributed by atoms with Crippen LogP contribution in [0.25, 0.3) is 0 Å². The summed E-state index contributed by atoms with van der Waals surface area (Å²) in [5.74, 6) is 0. The van der Waals surface area contributed by atoms with Crippen molar-refractivity contribution in [1.29, 1.82) is 0 Å². The molecule has 4 N–H and O–H groups in total. The second-order valence-corrected chi connectivity index (χ2v) is 11.2. The van der Waals surface area contributed by atoms with Crippen LogP contribution in [0.2, 0.25) is 0 Å². The van der Waals surface area contributed by atoms with Crippen molar-refractivity contribution in [3.05, 3.63) is 70.7 Å². The maximum absolute atomic E-state index is 4.38. The number of azo groups is 1. The summed E-state index contributed by atoms with van der Waals surface area (Å²) in [6.07, 6.45) is 5.40. The number of anilines is 5. The fraction of sp³-hybridized carbons (Fsp3) is 0.296. The molecule has 2 aromatic heterocycles. The molecule has 0 radical (unpaired) electrons. The van der Waals surface area contributed by atoms with Gasteiger partial charge < -0.3 is 21.2 Å². The second-order valence-electron chi connectivity index (χ2n) is 9.03. The van der Waals surface area contributed by atoms with Gasteiger partial charge in [0.2, 0.25) is 5.13 Å². The van der Waals surface area contributed by atoms with Crippen molar-refractivity contribution in [1.82, 2.24) is 4.98 Å². The van der Waals surface area contributed by atoms with Crippen molar-refractivity contribution in [2.75, 3.05) is 39.7 Å². The van der Waals surface area contributed by atoms with Crippen LogP contribution >= 0.6 is 22.7 Å². The van der Waals surface area contributed by atoms with E-state index >= 15 is 0 Å². The number of thiazole rings is 1. The summed E-state index contributed by atoms with van der Waals surface area (Å²) >= 11 is 3.36. The van der Waals surface area contributed by atoms with Gasteiger partial charge in [-0.05, 0) is 92.8 Å². The molecule has 2 aromatic carbocycles. The number of rotatable bonds is 10. The number of hydrogen-bond donors (Lipinski definition) is 4. The van der Waals surface area contributed by atoms with Gasteiger partial charge in [0.05, 0.1) is 27.8 Å². The van der Waals surface area contributed by atoms with Crippen molar-refractivity contribution in [3.8, 4) is 0 Å². The zero-order chi connectivity index (χ0) is 25.6. The van der Waals surface area contributed by atoms with E-state index in [2.05, 4.69) is 86.0 Å². The third-order valence-electron chi connectivity index (χ3n) is 6.24. The Balaban J connectivity index is 1.14. The Hall–Kier alpha value is -3.63. The van der Waals surface area contributed by atoms with Crippen LogP contribution in [0.1, 0.15) is 35.8 Å². The fourth-order valence-corrected chi connectivity index (χ4v) is 5.69. The first kappa shape index (κ1) is 25.0. The molecule has 0 amide bonds. The lowest BCUT2D eigenvalue weighted by Gasteiger charge is -2.15. The van der Waals surface area contributed by atoms with E-state index in [9.17, 15) is 0 Å². The molecule has 1 saturated heterocycles. The number of nitrogens with one attached hydrogen (secondary N) is 4. The summed E-state index contributed by atoms with van der Waals surface area (Å²) in [5.41, 5.74) is 19.2. The molecule has 1 fully saturated rings. The zero-order valence-electron chi connectivity index (χ0n) is 21.3. The highest BCUT2D eigenvalue weighted by atomic mass is 32.1. The van der Waals surface area contributed by atoms with Crippen molar-refractivity contribution in [2.24, 2.45) is 10.2 Å². The summed E-state index contributed by atoms with van der Waals surface area (Å²) in [4.78, 5) is 7.96. The summed E-state index contributed by atoms with van der Waals surface area (Å²) < 4.78 is 0. The van der Waals surface area contributed by atoms with Crippen LogP contribution in [-0.2, 0) is 6.42 Å². The topological polar surface area (TPSA) is 89.0 Å². The van der Waals surface area contributed by atoms with Gasteiger partial charge in [-0.3, -0.25) is 5.43 Å². The standard InChI is InChI=1S/C27H32N8S2/c1-4-22-17-28-27(36-22)34-32-24-10-7-20(15-19(24)3)29-31-23-9-8-21(16-18(23)2)30-33-25-11-12-26(37-25)35-13-5-6-14-35/h7-12,15-17,29-31,33H,4-6,13-14H2,1-3H3/b34-32+. The first-order valence-electron chi connectivity index (χ1n) is 12.5. The van der Waals surface area contributed by atoms with Gasteiger partial charge in [-0.1, -0.05) is 29.6 Å². The van der Waals surface area contributed by atoms with E-state index in [-0.39, 0.29) is 0 Å². The van der Waals surface area contributed by atoms with E-state index in [1.54, 1.807) is 22.7 Å². The summed E-state index contributed by atoms with van der Waals surface area (Å²) in [5, 5.41) is 11.8. The number of hydrogen-bond acceptors (Lipinski definition) is 10. The minimum absolute atomic E-state index is 0.686. The molecular weight excluding hydrogens is 500 g/mol. The van der Waals surface area contributed by atoms with E-state index in [1.165, 1.54) is 22.7 Å². The van der Waals surface area contributed by atoms with Gasteiger partial charge in [-0.25, -0.2) is 4.98 Å². The maximum atomic E-state index is 4.38. The van der Waals surface area contributed by atoms with Gasteiger partial charge in [0.25, 0.3) is 0 Å². The quantitative estimate of drug-likeness (QED) is 0.121. The number of hydrazine groups is 2. The molecule has 10 heteroatoms. The first-order chi connectivity index (χ1) is 18.1. The van der Waals surface area contributed by atoms with Crippen LogP contribution in [0.3, 0.4) is 0 Å². The summed E-state index contributed by atoms with van der Waals surface area (Å²) in [6, 6.07) is 16.6. The predicted molar refractivity (Wildman–Crippen MR) is 158 cm³/mol. The van der Waals surface area contributed by atoms with E-state index < -0.39 is 0 Å². The molecule has 0 aliphatic carbocycles. The normalized spacial score (nSPS) is 13.3. The van der Waals surface area contributed by atoms with Crippen molar-refractivity contribution in [3.63, 3.8) is 0 Å². The largest absolute Gasteiger partial charge is 0.363 e.